The molecule has 0 saturated heterocycles. The fourth-order valence-corrected chi connectivity index (χ4v) is 1.71. The highest BCUT2D eigenvalue weighted by molar-refractivity contribution is 9.10. The van der Waals surface area contributed by atoms with E-state index in [2.05, 4.69) is 25.9 Å². The first-order valence-electron chi connectivity index (χ1n) is 5.00. The van der Waals surface area contributed by atoms with Crippen molar-refractivity contribution in [3.63, 3.8) is 0 Å². The Hall–Kier alpha value is -1.42. The van der Waals surface area contributed by atoms with Crippen molar-refractivity contribution >= 4 is 15.9 Å². The Morgan fingerprint density at radius 3 is 2.88 bits per heavy atom. The largest absolute Gasteiger partial charge is 0.494 e. The summed E-state index contributed by atoms with van der Waals surface area (Å²) in [5.41, 5.74) is 1.90. The normalized spacial score (nSPS) is 10.1. The molecule has 82 valence electrons. The number of nitrogens with zero attached hydrogens (tertiary/aromatic N) is 2. The van der Waals surface area contributed by atoms with Gasteiger partial charge in [0.05, 0.1) is 12.3 Å². The summed E-state index contributed by atoms with van der Waals surface area (Å²) in [5, 5.41) is 0. The molecule has 4 heteroatoms. The van der Waals surface area contributed by atoms with E-state index in [1.807, 2.05) is 37.3 Å². The lowest BCUT2D eigenvalue weighted by atomic mass is 10.1. The predicted molar refractivity (Wildman–Crippen MR) is 66.3 cm³/mol. The summed E-state index contributed by atoms with van der Waals surface area (Å²) in [7, 11) is 0. The number of benzene rings is 1. The highest BCUT2D eigenvalue weighted by Gasteiger charge is 2.02. The third-order valence-electron chi connectivity index (χ3n) is 2.07. The maximum atomic E-state index is 5.44. The fourth-order valence-electron chi connectivity index (χ4n) is 1.40. The Kier molecular flexibility index (Phi) is 3.51. The van der Waals surface area contributed by atoms with Crippen LogP contribution in [0.15, 0.2) is 41.3 Å². The summed E-state index contributed by atoms with van der Waals surface area (Å²) in [6.07, 6.45) is 1.53. The van der Waals surface area contributed by atoms with Crippen molar-refractivity contribution < 1.29 is 4.74 Å². The molecular weight excluding hydrogens is 268 g/mol. The van der Waals surface area contributed by atoms with Gasteiger partial charge in [-0.05, 0) is 41.1 Å². The van der Waals surface area contributed by atoms with Gasteiger partial charge in [0, 0.05) is 5.56 Å². The van der Waals surface area contributed by atoms with Crippen LogP contribution in [0.25, 0.3) is 11.3 Å². The van der Waals surface area contributed by atoms with Crippen LogP contribution < -0.4 is 4.74 Å². The Balaban J connectivity index is 2.36. The van der Waals surface area contributed by atoms with Crippen LogP contribution in [0, 0.1) is 0 Å². The summed E-state index contributed by atoms with van der Waals surface area (Å²) in [4.78, 5) is 8.21. The molecule has 0 unspecified atom stereocenters. The predicted octanol–water partition coefficient (Wildman–Crippen LogP) is 3.30. The molecule has 0 saturated carbocycles. The molecule has 2 rings (SSSR count). The van der Waals surface area contributed by atoms with E-state index in [1.54, 1.807) is 0 Å². The van der Waals surface area contributed by atoms with E-state index >= 15 is 0 Å². The van der Waals surface area contributed by atoms with Crippen LogP contribution in [-0.2, 0) is 0 Å². The van der Waals surface area contributed by atoms with Crippen LogP contribution in [-0.4, -0.2) is 16.6 Å². The fraction of sp³-hybridized carbons (Fsp3) is 0.167. The first-order chi connectivity index (χ1) is 7.79. The Morgan fingerprint density at radius 1 is 1.25 bits per heavy atom. The molecule has 16 heavy (non-hydrogen) atoms. The van der Waals surface area contributed by atoms with Gasteiger partial charge in [0.1, 0.15) is 16.7 Å². The molecule has 0 aliphatic carbocycles. The highest BCUT2D eigenvalue weighted by atomic mass is 79.9. The molecule has 0 amide bonds. The number of hydrogen-bond donors (Lipinski definition) is 0. The lowest BCUT2D eigenvalue weighted by molar-refractivity contribution is 0.340. The summed E-state index contributed by atoms with van der Waals surface area (Å²) >= 11 is 3.33. The maximum Gasteiger partial charge on any atom is 0.119 e. The van der Waals surface area contributed by atoms with Crippen molar-refractivity contribution in [3.05, 3.63) is 41.3 Å². The van der Waals surface area contributed by atoms with E-state index in [0.717, 1.165) is 21.6 Å². The number of ether oxygens (including phenoxy) is 1. The van der Waals surface area contributed by atoms with Crippen molar-refractivity contribution in [1.29, 1.82) is 0 Å². The number of rotatable bonds is 3. The van der Waals surface area contributed by atoms with Crippen molar-refractivity contribution in [2.24, 2.45) is 0 Å². The van der Waals surface area contributed by atoms with E-state index in [4.69, 9.17) is 4.74 Å². The second-order valence-corrected chi connectivity index (χ2v) is 4.00. The lowest BCUT2D eigenvalue weighted by Gasteiger charge is -2.05. The van der Waals surface area contributed by atoms with Crippen LogP contribution >= 0.6 is 15.9 Å². The second kappa shape index (κ2) is 5.07. The van der Waals surface area contributed by atoms with E-state index < -0.39 is 0 Å². The molecule has 2 aromatic rings. The molecule has 3 nitrogen and oxygen atoms in total. The van der Waals surface area contributed by atoms with Gasteiger partial charge in [-0.3, -0.25) is 0 Å². The molecule has 0 atom stereocenters. The van der Waals surface area contributed by atoms with Crippen molar-refractivity contribution in [2.45, 2.75) is 6.92 Å². The van der Waals surface area contributed by atoms with Crippen molar-refractivity contribution in [2.75, 3.05) is 6.61 Å². The van der Waals surface area contributed by atoms with E-state index in [9.17, 15) is 0 Å². The molecule has 0 spiro atoms. The van der Waals surface area contributed by atoms with Gasteiger partial charge in [-0.15, -0.1) is 0 Å². The van der Waals surface area contributed by atoms with Gasteiger partial charge in [0.2, 0.25) is 0 Å². The lowest BCUT2D eigenvalue weighted by Crippen LogP contribution is -1.92. The summed E-state index contributed by atoms with van der Waals surface area (Å²) in [6.45, 7) is 2.63. The topological polar surface area (TPSA) is 35.0 Å². The first kappa shape index (κ1) is 11.1. The Bertz CT molecular complexity index is 488. The minimum absolute atomic E-state index is 0.664. The van der Waals surface area contributed by atoms with Crippen LogP contribution in [0.4, 0.5) is 0 Å². The number of hydrogen-bond acceptors (Lipinski definition) is 3. The SMILES string of the molecule is CCOc1cccc(-c2cc(Br)ncn2)c1. The van der Waals surface area contributed by atoms with E-state index in [0.29, 0.717) is 6.61 Å². The first-order valence-corrected chi connectivity index (χ1v) is 5.79. The van der Waals surface area contributed by atoms with Gasteiger partial charge in [-0.2, -0.15) is 0 Å². The van der Waals surface area contributed by atoms with Gasteiger partial charge in [-0.1, -0.05) is 12.1 Å². The summed E-state index contributed by atoms with van der Waals surface area (Å²) in [5.74, 6) is 0.856. The molecule has 0 fully saturated rings. The Morgan fingerprint density at radius 2 is 2.12 bits per heavy atom. The van der Waals surface area contributed by atoms with Gasteiger partial charge in [0.25, 0.3) is 0 Å². The van der Waals surface area contributed by atoms with Crippen molar-refractivity contribution in [1.82, 2.24) is 9.97 Å². The van der Waals surface area contributed by atoms with Crippen molar-refractivity contribution in [3.8, 4) is 17.0 Å². The zero-order valence-electron chi connectivity index (χ0n) is 8.85. The van der Waals surface area contributed by atoms with Gasteiger partial charge in [0.15, 0.2) is 0 Å². The van der Waals surface area contributed by atoms with Crippen LogP contribution in [0.1, 0.15) is 6.92 Å². The average Bonchev–Trinajstić information content (AvgIpc) is 2.30. The zero-order valence-corrected chi connectivity index (χ0v) is 10.4. The molecule has 0 aliphatic rings. The molecule has 0 bridgehead atoms. The maximum absolute atomic E-state index is 5.44. The van der Waals surface area contributed by atoms with Gasteiger partial charge in [-0.25, -0.2) is 9.97 Å². The zero-order chi connectivity index (χ0) is 11.4. The number of aromatic nitrogens is 2. The van der Waals surface area contributed by atoms with Gasteiger partial charge < -0.3 is 4.74 Å². The summed E-state index contributed by atoms with van der Waals surface area (Å²) < 4.78 is 6.22. The van der Waals surface area contributed by atoms with Gasteiger partial charge >= 0.3 is 0 Å². The third kappa shape index (κ3) is 2.58. The molecule has 0 radical (unpaired) electrons. The van der Waals surface area contributed by atoms with Crippen LogP contribution in [0.5, 0.6) is 5.75 Å². The molecule has 1 aromatic carbocycles. The molecule has 1 heterocycles. The van der Waals surface area contributed by atoms with E-state index in [-0.39, 0.29) is 0 Å². The average molecular weight is 279 g/mol. The molecule has 0 N–H and O–H groups in total. The van der Waals surface area contributed by atoms with Crippen LogP contribution in [0.2, 0.25) is 0 Å². The quantitative estimate of drug-likeness (QED) is 0.808. The summed E-state index contributed by atoms with van der Waals surface area (Å²) in [6, 6.07) is 9.74. The standard InChI is InChI=1S/C12H11BrN2O/c1-2-16-10-5-3-4-9(6-10)11-7-12(13)15-8-14-11/h3-8H,2H2,1H3. The molecule has 0 aliphatic heterocycles. The smallest absolute Gasteiger partial charge is 0.119 e. The monoisotopic (exact) mass is 278 g/mol. The Labute approximate surface area is 103 Å². The minimum atomic E-state index is 0.664. The number of halogens is 1. The van der Waals surface area contributed by atoms with E-state index in [1.165, 1.54) is 6.33 Å². The molecular formula is C12H11BrN2O. The molecule has 1 aromatic heterocycles. The second-order valence-electron chi connectivity index (χ2n) is 3.19. The van der Waals surface area contributed by atoms with Crippen LogP contribution in [0.3, 0.4) is 0 Å². The third-order valence-corrected chi connectivity index (χ3v) is 2.51. The highest BCUT2D eigenvalue weighted by Crippen LogP contribution is 2.23. The minimum Gasteiger partial charge on any atom is -0.494 e.